The van der Waals surface area contributed by atoms with E-state index in [1.165, 1.54) is 57.8 Å². The first kappa shape index (κ1) is 23.4. The van der Waals surface area contributed by atoms with E-state index in [1.54, 1.807) is 21.3 Å². The average Bonchev–Trinajstić information content (AvgIpc) is 2.59. The van der Waals surface area contributed by atoms with E-state index in [4.69, 9.17) is 19.3 Å². The molecule has 5 nitrogen and oxygen atoms in total. The van der Waals surface area contributed by atoms with Crippen LogP contribution in [0.25, 0.3) is 0 Å². The van der Waals surface area contributed by atoms with E-state index >= 15 is 0 Å². The number of rotatable bonds is 18. The Morgan fingerprint density at radius 1 is 0.667 bits per heavy atom. The summed E-state index contributed by atoms with van der Waals surface area (Å²) in [6, 6.07) is 0. The highest BCUT2D eigenvalue weighted by molar-refractivity contribution is 5.66. The summed E-state index contributed by atoms with van der Waals surface area (Å²) in [5, 5.41) is 8.55. The standard InChI is InChI=1S/C19H38O5/c1-22-19(23-2,24-3)17-15-13-11-9-7-5-4-6-8-10-12-14-16-18(20)21/h4-17H2,1-3H3,(H,20,21). The molecule has 0 heterocycles. The van der Waals surface area contributed by atoms with Crippen LogP contribution in [0.15, 0.2) is 0 Å². The Kier molecular flexibility index (Phi) is 15.4. The Hall–Kier alpha value is -0.650. The van der Waals surface area contributed by atoms with Crippen molar-refractivity contribution in [3.05, 3.63) is 0 Å². The molecule has 0 radical (unpaired) electrons. The molecule has 0 aromatic heterocycles. The fourth-order valence-corrected chi connectivity index (χ4v) is 2.94. The zero-order valence-electron chi connectivity index (χ0n) is 16.0. The Balaban J connectivity index is 3.27. The summed E-state index contributed by atoms with van der Waals surface area (Å²) in [7, 11) is 4.83. The molecular weight excluding hydrogens is 308 g/mol. The maximum absolute atomic E-state index is 10.4. The highest BCUT2D eigenvalue weighted by Crippen LogP contribution is 2.21. The van der Waals surface area contributed by atoms with Gasteiger partial charge in [-0.25, -0.2) is 0 Å². The van der Waals surface area contributed by atoms with Crippen molar-refractivity contribution >= 4 is 5.97 Å². The van der Waals surface area contributed by atoms with Gasteiger partial charge in [0, 0.05) is 34.2 Å². The number of carbonyl (C=O) groups is 1. The van der Waals surface area contributed by atoms with Crippen LogP contribution in [0, 0.1) is 0 Å². The fourth-order valence-electron chi connectivity index (χ4n) is 2.94. The quantitative estimate of drug-likeness (QED) is 0.275. The second kappa shape index (κ2) is 15.9. The van der Waals surface area contributed by atoms with Crippen LogP contribution in [0.3, 0.4) is 0 Å². The number of carboxylic acids is 1. The molecule has 0 aromatic carbocycles. The maximum atomic E-state index is 10.4. The topological polar surface area (TPSA) is 65.0 Å². The van der Waals surface area contributed by atoms with Gasteiger partial charge >= 0.3 is 5.97 Å². The summed E-state index contributed by atoms with van der Waals surface area (Å²) in [5.41, 5.74) is 0. The second-order valence-corrected chi connectivity index (χ2v) is 6.43. The molecule has 0 aliphatic rings. The smallest absolute Gasteiger partial charge is 0.303 e. The molecule has 0 rings (SSSR count). The number of hydrogen-bond donors (Lipinski definition) is 1. The van der Waals surface area contributed by atoms with Gasteiger partial charge in [-0.3, -0.25) is 4.79 Å². The predicted octanol–water partition coefficient (Wildman–Crippen LogP) is 5.13. The first-order valence-electron chi connectivity index (χ1n) is 9.47. The number of ether oxygens (including phenoxy) is 3. The molecule has 0 unspecified atom stereocenters. The fraction of sp³-hybridized carbons (Fsp3) is 0.947. The summed E-state index contributed by atoms with van der Waals surface area (Å²) >= 11 is 0. The molecule has 1 N–H and O–H groups in total. The Labute approximate surface area is 148 Å². The summed E-state index contributed by atoms with van der Waals surface area (Å²) < 4.78 is 15.8. The van der Waals surface area contributed by atoms with Gasteiger partial charge in [0.05, 0.1) is 0 Å². The monoisotopic (exact) mass is 346 g/mol. The van der Waals surface area contributed by atoms with E-state index in [9.17, 15) is 4.79 Å². The molecule has 0 saturated heterocycles. The van der Waals surface area contributed by atoms with Crippen LogP contribution in [0.2, 0.25) is 0 Å². The third kappa shape index (κ3) is 12.7. The van der Waals surface area contributed by atoms with Gasteiger partial charge in [-0.2, -0.15) is 0 Å². The first-order valence-corrected chi connectivity index (χ1v) is 9.47. The largest absolute Gasteiger partial charge is 0.481 e. The van der Waals surface area contributed by atoms with E-state index in [2.05, 4.69) is 0 Å². The Morgan fingerprint density at radius 3 is 1.33 bits per heavy atom. The molecule has 0 saturated carbocycles. The molecule has 24 heavy (non-hydrogen) atoms. The lowest BCUT2D eigenvalue weighted by atomic mass is 10.0. The van der Waals surface area contributed by atoms with Crippen molar-refractivity contribution in [3.63, 3.8) is 0 Å². The van der Waals surface area contributed by atoms with E-state index < -0.39 is 11.9 Å². The summed E-state index contributed by atoms with van der Waals surface area (Å²) in [6.45, 7) is 0. The Bertz CT molecular complexity index is 281. The molecule has 0 aliphatic carbocycles. The van der Waals surface area contributed by atoms with Gasteiger partial charge in [0.15, 0.2) is 0 Å². The lowest BCUT2D eigenvalue weighted by molar-refractivity contribution is -0.355. The molecule has 0 fully saturated rings. The van der Waals surface area contributed by atoms with Crippen LogP contribution < -0.4 is 0 Å². The SMILES string of the molecule is COC(CCCCCCCCCCCCCCC(=O)O)(OC)OC. The molecular formula is C19H38O5. The lowest BCUT2D eigenvalue weighted by Crippen LogP contribution is -2.35. The van der Waals surface area contributed by atoms with E-state index in [0.717, 1.165) is 25.7 Å². The van der Waals surface area contributed by atoms with Crippen molar-refractivity contribution in [3.8, 4) is 0 Å². The van der Waals surface area contributed by atoms with Crippen molar-refractivity contribution in [1.29, 1.82) is 0 Å². The molecule has 144 valence electrons. The minimum absolute atomic E-state index is 0.320. The average molecular weight is 347 g/mol. The maximum Gasteiger partial charge on any atom is 0.303 e. The zero-order chi connectivity index (χ0) is 18.1. The van der Waals surface area contributed by atoms with Crippen LogP contribution in [0.5, 0.6) is 0 Å². The molecule has 0 atom stereocenters. The zero-order valence-corrected chi connectivity index (χ0v) is 16.0. The highest BCUT2D eigenvalue weighted by atomic mass is 16.9. The predicted molar refractivity (Wildman–Crippen MR) is 96.0 cm³/mol. The third-order valence-corrected chi connectivity index (χ3v) is 4.56. The minimum atomic E-state index is -0.871. The van der Waals surface area contributed by atoms with E-state index in [-0.39, 0.29) is 0 Å². The van der Waals surface area contributed by atoms with Gasteiger partial charge in [0.25, 0.3) is 5.97 Å². The summed E-state index contributed by atoms with van der Waals surface area (Å²) in [5.74, 6) is -1.54. The molecule has 0 bridgehead atoms. The lowest BCUT2D eigenvalue weighted by Gasteiger charge is -2.28. The molecule has 0 aliphatic heterocycles. The Morgan fingerprint density at radius 2 is 1.00 bits per heavy atom. The summed E-state index contributed by atoms with van der Waals surface area (Å²) in [6.07, 6.45) is 15.4. The van der Waals surface area contributed by atoms with Gasteiger partial charge in [-0.05, 0) is 12.8 Å². The number of methoxy groups -OCH3 is 3. The van der Waals surface area contributed by atoms with Crippen LogP contribution in [-0.4, -0.2) is 38.4 Å². The molecule has 5 heteroatoms. The van der Waals surface area contributed by atoms with Gasteiger partial charge in [-0.15, -0.1) is 0 Å². The van der Waals surface area contributed by atoms with Crippen molar-refractivity contribution in [2.75, 3.05) is 21.3 Å². The number of aliphatic carboxylic acids is 1. The number of unbranched alkanes of at least 4 members (excludes halogenated alkanes) is 11. The van der Waals surface area contributed by atoms with E-state index in [1.807, 2.05) is 0 Å². The number of hydrogen-bond acceptors (Lipinski definition) is 4. The van der Waals surface area contributed by atoms with Gasteiger partial charge in [0.2, 0.25) is 0 Å². The van der Waals surface area contributed by atoms with Crippen molar-refractivity contribution in [2.45, 2.75) is 95.9 Å². The number of carboxylic acid groups (broad SMARTS) is 1. The van der Waals surface area contributed by atoms with Crippen molar-refractivity contribution < 1.29 is 24.1 Å². The molecule has 0 aromatic rings. The van der Waals surface area contributed by atoms with E-state index in [0.29, 0.717) is 6.42 Å². The van der Waals surface area contributed by atoms with Crippen LogP contribution in [-0.2, 0) is 19.0 Å². The highest BCUT2D eigenvalue weighted by Gasteiger charge is 2.28. The van der Waals surface area contributed by atoms with Gasteiger partial charge in [0.1, 0.15) is 0 Å². The molecule has 0 spiro atoms. The van der Waals surface area contributed by atoms with Gasteiger partial charge in [-0.1, -0.05) is 64.2 Å². The van der Waals surface area contributed by atoms with Crippen LogP contribution in [0.1, 0.15) is 89.9 Å². The van der Waals surface area contributed by atoms with Crippen LogP contribution in [0.4, 0.5) is 0 Å². The first-order chi connectivity index (χ1) is 11.6. The molecule has 0 amide bonds. The summed E-state index contributed by atoms with van der Waals surface area (Å²) in [4.78, 5) is 10.4. The van der Waals surface area contributed by atoms with Crippen molar-refractivity contribution in [2.24, 2.45) is 0 Å². The van der Waals surface area contributed by atoms with Gasteiger partial charge < -0.3 is 19.3 Å². The van der Waals surface area contributed by atoms with Crippen molar-refractivity contribution in [1.82, 2.24) is 0 Å². The second-order valence-electron chi connectivity index (χ2n) is 6.43. The third-order valence-electron chi connectivity index (χ3n) is 4.56. The normalized spacial score (nSPS) is 11.8. The van der Waals surface area contributed by atoms with Crippen LogP contribution >= 0.6 is 0 Å². The minimum Gasteiger partial charge on any atom is -0.481 e.